The Morgan fingerprint density at radius 3 is 2.81 bits per heavy atom. The second kappa shape index (κ2) is 8.14. The third-order valence-corrected chi connectivity index (χ3v) is 4.16. The van der Waals surface area contributed by atoms with Gasteiger partial charge in [-0.25, -0.2) is 9.38 Å². The predicted molar refractivity (Wildman–Crippen MR) is 90.1 cm³/mol. The van der Waals surface area contributed by atoms with Crippen molar-refractivity contribution >= 4 is 33.2 Å². The number of nitrogens with one attached hydrogen (secondary N) is 2. The van der Waals surface area contributed by atoms with Crippen molar-refractivity contribution in [3.05, 3.63) is 56.4 Å². The minimum absolute atomic E-state index is 0.255. The van der Waals surface area contributed by atoms with Gasteiger partial charge in [0.2, 0.25) is 0 Å². The first-order chi connectivity index (χ1) is 10.2. The summed E-state index contributed by atoms with van der Waals surface area (Å²) in [4.78, 5) is 4.51. The molecule has 0 saturated carbocycles. The van der Waals surface area contributed by atoms with Crippen LogP contribution in [0, 0.1) is 5.82 Å². The molecule has 0 unspecified atom stereocenters. The Morgan fingerprint density at radius 2 is 2.14 bits per heavy atom. The summed E-state index contributed by atoms with van der Waals surface area (Å²) in [6.45, 7) is 3.96. The number of guanidine groups is 1. The van der Waals surface area contributed by atoms with E-state index in [4.69, 9.17) is 0 Å². The number of halogens is 2. The average molecular weight is 370 g/mol. The highest BCUT2D eigenvalue weighted by molar-refractivity contribution is 9.10. The molecule has 0 saturated heterocycles. The fraction of sp³-hybridized carbons (Fsp3) is 0.267. The number of benzene rings is 1. The summed E-state index contributed by atoms with van der Waals surface area (Å²) >= 11 is 4.81. The quantitative estimate of drug-likeness (QED) is 0.619. The predicted octanol–water partition coefficient (Wildman–Crippen LogP) is 3.91. The van der Waals surface area contributed by atoms with E-state index < -0.39 is 0 Å². The molecule has 2 rings (SSSR count). The first-order valence-corrected chi connectivity index (χ1v) is 8.40. The van der Waals surface area contributed by atoms with Gasteiger partial charge in [0.1, 0.15) is 5.82 Å². The molecule has 2 aromatic rings. The van der Waals surface area contributed by atoms with Crippen molar-refractivity contribution in [3.63, 3.8) is 0 Å². The maximum atomic E-state index is 13.5. The van der Waals surface area contributed by atoms with Gasteiger partial charge in [0.15, 0.2) is 5.96 Å². The van der Waals surface area contributed by atoms with Crippen LogP contribution >= 0.6 is 27.3 Å². The molecule has 1 aromatic carbocycles. The number of thiophene rings is 1. The molecule has 0 atom stereocenters. The Morgan fingerprint density at radius 1 is 1.29 bits per heavy atom. The van der Waals surface area contributed by atoms with Gasteiger partial charge in [-0.3, -0.25) is 0 Å². The maximum Gasteiger partial charge on any atom is 0.191 e. The fourth-order valence-electron chi connectivity index (χ4n) is 1.73. The third-order valence-electron chi connectivity index (χ3n) is 2.79. The number of aliphatic imine (C=N–C) groups is 1. The molecular weight excluding hydrogens is 353 g/mol. The molecular formula is C15H17BrFN3S. The summed E-state index contributed by atoms with van der Waals surface area (Å²) < 4.78 is 13.9. The summed E-state index contributed by atoms with van der Waals surface area (Å²) in [5, 5.41) is 10.5. The summed E-state index contributed by atoms with van der Waals surface area (Å²) in [6.07, 6.45) is 0. The Balaban J connectivity index is 1.95. The normalized spacial score (nSPS) is 11.5. The second-order valence-corrected chi connectivity index (χ2v) is 6.06. The van der Waals surface area contributed by atoms with Crippen molar-refractivity contribution in [2.45, 2.75) is 20.0 Å². The Hall–Kier alpha value is -1.40. The molecule has 0 aliphatic rings. The van der Waals surface area contributed by atoms with Crippen molar-refractivity contribution in [1.82, 2.24) is 10.6 Å². The molecule has 0 bridgehead atoms. The summed E-state index contributed by atoms with van der Waals surface area (Å²) in [7, 11) is 0. The molecule has 0 aliphatic carbocycles. The molecule has 21 heavy (non-hydrogen) atoms. The van der Waals surface area contributed by atoms with Crippen LogP contribution < -0.4 is 10.6 Å². The van der Waals surface area contributed by atoms with E-state index in [1.165, 1.54) is 11.6 Å². The highest BCUT2D eigenvalue weighted by Gasteiger charge is 2.02. The second-order valence-electron chi connectivity index (χ2n) is 4.43. The van der Waals surface area contributed by atoms with Crippen molar-refractivity contribution in [2.24, 2.45) is 4.99 Å². The lowest BCUT2D eigenvalue weighted by atomic mass is 10.2. The molecule has 0 spiro atoms. The summed E-state index contributed by atoms with van der Waals surface area (Å²) in [5.74, 6) is 0.474. The van der Waals surface area contributed by atoms with Crippen LogP contribution in [0.2, 0.25) is 0 Å². The molecule has 1 heterocycles. The van der Waals surface area contributed by atoms with Gasteiger partial charge in [0.25, 0.3) is 0 Å². The van der Waals surface area contributed by atoms with Crippen molar-refractivity contribution < 1.29 is 4.39 Å². The van der Waals surface area contributed by atoms with E-state index in [9.17, 15) is 4.39 Å². The lowest BCUT2D eigenvalue weighted by Crippen LogP contribution is -2.36. The van der Waals surface area contributed by atoms with Crippen LogP contribution in [0.15, 0.2) is 44.5 Å². The third kappa shape index (κ3) is 5.13. The van der Waals surface area contributed by atoms with E-state index in [2.05, 4.69) is 43.0 Å². The van der Waals surface area contributed by atoms with E-state index in [1.807, 2.05) is 18.4 Å². The van der Waals surface area contributed by atoms with Crippen LogP contribution in [0.5, 0.6) is 0 Å². The van der Waals surface area contributed by atoms with Crippen LogP contribution in [-0.4, -0.2) is 12.5 Å². The highest BCUT2D eigenvalue weighted by Crippen LogP contribution is 2.16. The number of rotatable bonds is 5. The van der Waals surface area contributed by atoms with Gasteiger partial charge in [0, 0.05) is 13.1 Å². The monoisotopic (exact) mass is 369 g/mol. The van der Waals surface area contributed by atoms with Gasteiger partial charge in [-0.1, -0.05) is 6.07 Å². The molecule has 2 N–H and O–H groups in total. The van der Waals surface area contributed by atoms with Crippen molar-refractivity contribution in [3.8, 4) is 0 Å². The molecule has 6 heteroatoms. The van der Waals surface area contributed by atoms with Crippen LogP contribution in [0.25, 0.3) is 0 Å². The van der Waals surface area contributed by atoms with E-state index in [0.29, 0.717) is 17.6 Å². The van der Waals surface area contributed by atoms with Gasteiger partial charge in [-0.05, 0) is 62.9 Å². The van der Waals surface area contributed by atoms with E-state index in [1.54, 1.807) is 17.4 Å². The van der Waals surface area contributed by atoms with Crippen molar-refractivity contribution in [2.75, 3.05) is 6.54 Å². The number of nitrogens with zero attached hydrogens (tertiary/aromatic N) is 1. The van der Waals surface area contributed by atoms with E-state index >= 15 is 0 Å². The maximum absolute atomic E-state index is 13.5. The van der Waals surface area contributed by atoms with E-state index in [0.717, 1.165) is 18.1 Å². The molecule has 3 nitrogen and oxygen atoms in total. The standard InChI is InChI=1S/C15H17BrFN3S/c1-2-18-15(20-9-12-5-6-21-10-12)19-8-11-3-4-13(16)14(17)7-11/h3-7,10H,2,8-9H2,1H3,(H2,18,19,20). The number of hydrogen-bond acceptors (Lipinski definition) is 2. The minimum Gasteiger partial charge on any atom is -0.357 e. The summed E-state index contributed by atoms with van der Waals surface area (Å²) in [5.41, 5.74) is 2.06. The average Bonchev–Trinajstić information content (AvgIpc) is 2.99. The van der Waals surface area contributed by atoms with Crippen LogP contribution in [0.4, 0.5) is 4.39 Å². The topological polar surface area (TPSA) is 36.4 Å². The molecule has 112 valence electrons. The van der Waals surface area contributed by atoms with Gasteiger partial charge < -0.3 is 10.6 Å². The van der Waals surface area contributed by atoms with Crippen LogP contribution in [0.3, 0.4) is 0 Å². The van der Waals surface area contributed by atoms with Crippen LogP contribution in [0.1, 0.15) is 18.1 Å². The van der Waals surface area contributed by atoms with Gasteiger partial charge >= 0.3 is 0 Å². The first kappa shape index (κ1) is 16.0. The van der Waals surface area contributed by atoms with Gasteiger partial charge in [-0.15, -0.1) is 0 Å². The van der Waals surface area contributed by atoms with Gasteiger partial charge in [0.05, 0.1) is 11.0 Å². The molecule has 0 aliphatic heterocycles. The Labute approximate surface area is 136 Å². The zero-order chi connectivity index (χ0) is 15.1. The van der Waals surface area contributed by atoms with Crippen LogP contribution in [-0.2, 0) is 13.1 Å². The fourth-order valence-corrected chi connectivity index (χ4v) is 2.64. The molecule has 1 aromatic heterocycles. The zero-order valence-electron chi connectivity index (χ0n) is 11.7. The lowest BCUT2D eigenvalue weighted by molar-refractivity contribution is 0.617. The Kier molecular flexibility index (Phi) is 6.20. The smallest absolute Gasteiger partial charge is 0.191 e. The minimum atomic E-state index is -0.255. The molecule has 0 fully saturated rings. The number of hydrogen-bond donors (Lipinski definition) is 2. The largest absolute Gasteiger partial charge is 0.357 e. The van der Waals surface area contributed by atoms with E-state index in [-0.39, 0.29) is 5.82 Å². The summed E-state index contributed by atoms with van der Waals surface area (Å²) in [6, 6.07) is 7.16. The highest BCUT2D eigenvalue weighted by atomic mass is 79.9. The molecule has 0 amide bonds. The SMILES string of the molecule is CCNC(=NCc1ccsc1)NCc1ccc(Br)c(F)c1. The lowest BCUT2D eigenvalue weighted by Gasteiger charge is -2.11. The zero-order valence-corrected chi connectivity index (χ0v) is 14.1. The Bertz CT molecular complexity index is 599. The van der Waals surface area contributed by atoms with Crippen molar-refractivity contribution in [1.29, 1.82) is 0 Å². The first-order valence-electron chi connectivity index (χ1n) is 6.66. The van der Waals surface area contributed by atoms with Gasteiger partial charge in [-0.2, -0.15) is 11.3 Å². The molecule has 0 radical (unpaired) electrons.